The van der Waals surface area contributed by atoms with Crippen molar-refractivity contribution in [3.63, 3.8) is 0 Å². The molecule has 0 aliphatic heterocycles. The van der Waals surface area contributed by atoms with Crippen LogP contribution in [0.2, 0.25) is 5.02 Å². The van der Waals surface area contributed by atoms with E-state index in [0.29, 0.717) is 5.02 Å². The Kier molecular flexibility index (Phi) is 6.10. The Balaban J connectivity index is 2.05. The second kappa shape index (κ2) is 7.86. The van der Waals surface area contributed by atoms with Crippen LogP contribution < -0.4 is 10.6 Å². The SMILES string of the molecule is CC(C)(C)NCC(=O)Nc1ccccc1Sc1ccc(Cl)cc1. The Bertz CT molecular complexity index is 665. The molecule has 23 heavy (non-hydrogen) atoms. The molecule has 0 spiro atoms. The van der Waals surface area contributed by atoms with Crippen LogP contribution in [0.5, 0.6) is 0 Å². The summed E-state index contributed by atoms with van der Waals surface area (Å²) in [5, 5.41) is 6.86. The van der Waals surface area contributed by atoms with Crippen LogP contribution in [0.1, 0.15) is 20.8 Å². The van der Waals surface area contributed by atoms with Crippen molar-refractivity contribution in [2.45, 2.75) is 36.1 Å². The first-order valence-corrected chi connectivity index (χ1v) is 8.60. The highest BCUT2D eigenvalue weighted by molar-refractivity contribution is 7.99. The molecular weight excluding hydrogens is 328 g/mol. The Hall–Kier alpha value is -1.49. The Labute approximate surface area is 146 Å². The van der Waals surface area contributed by atoms with E-state index in [9.17, 15) is 4.79 Å². The number of nitrogens with one attached hydrogen (secondary N) is 2. The van der Waals surface area contributed by atoms with Gasteiger partial charge in [-0.25, -0.2) is 0 Å². The summed E-state index contributed by atoms with van der Waals surface area (Å²) in [6.07, 6.45) is 0. The lowest BCUT2D eigenvalue weighted by Gasteiger charge is -2.20. The van der Waals surface area contributed by atoms with Crippen LogP contribution in [0.25, 0.3) is 0 Å². The molecule has 2 rings (SSSR count). The van der Waals surface area contributed by atoms with E-state index in [0.717, 1.165) is 15.5 Å². The minimum atomic E-state index is -0.0884. The monoisotopic (exact) mass is 348 g/mol. The molecular formula is C18H21ClN2OS. The number of carbonyl (C=O) groups is 1. The van der Waals surface area contributed by atoms with Crippen LogP contribution >= 0.6 is 23.4 Å². The molecule has 0 fully saturated rings. The fourth-order valence-electron chi connectivity index (χ4n) is 1.83. The minimum Gasteiger partial charge on any atom is -0.324 e. The van der Waals surface area contributed by atoms with Gasteiger partial charge < -0.3 is 10.6 Å². The second-order valence-electron chi connectivity index (χ2n) is 6.20. The molecule has 0 aliphatic carbocycles. The van der Waals surface area contributed by atoms with Gasteiger partial charge in [-0.05, 0) is 57.2 Å². The van der Waals surface area contributed by atoms with Crippen LogP contribution in [-0.2, 0) is 4.79 Å². The molecule has 0 bridgehead atoms. The first-order chi connectivity index (χ1) is 10.8. The van der Waals surface area contributed by atoms with Crippen LogP contribution in [0.3, 0.4) is 0 Å². The predicted octanol–water partition coefficient (Wildman–Crippen LogP) is 4.82. The van der Waals surface area contributed by atoms with Crippen molar-refractivity contribution in [3.8, 4) is 0 Å². The van der Waals surface area contributed by atoms with Gasteiger partial charge in [0.25, 0.3) is 0 Å². The van der Waals surface area contributed by atoms with Crippen molar-refractivity contribution < 1.29 is 4.79 Å². The van der Waals surface area contributed by atoms with Gasteiger partial charge in [0, 0.05) is 20.4 Å². The highest BCUT2D eigenvalue weighted by Crippen LogP contribution is 2.33. The third kappa shape index (κ3) is 6.26. The fourth-order valence-corrected chi connectivity index (χ4v) is 2.86. The molecule has 0 aromatic heterocycles. The summed E-state index contributed by atoms with van der Waals surface area (Å²) in [6.45, 7) is 6.38. The lowest BCUT2D eigenvalue weighted by molar-refractivity contribution is -0.115. The van der Waals surface area contributed by atoms with E-state index in [1.807, 2.05) is 69.3 Å². The summed E-state index contributed by atoms with van der Waals surface area (Å²) < 4.78 is 0. The van der Waals surface area contributed by atoms with Gasteiger partial charge in [0.05, 0.1) is 12.2 Å². The number of halogens is 1. The standard InChI is InChI=1S/C18H21ClN2OS/c1-18(2,3)20-12-17(22)21-15-6-4-5-7-16(15)23-14-10-8-13(19)9-11-14/h4-11,20H,12H2,1-3H3,(H,21,22). The van der Waals surface area contributed by atoms with Gasteiger partial charge in [-0.2, -0.15) is 0 Å². The lowest BCUT2D eigenvalue weighted by Crippen LogP contribution is -2.41. The summed E-state index contributed by atoms with van der Waals surface area (Å²) in [4.78, 5) is 14.2. The van der Waals surface area contributed by atoms with Crippen LogP contribution in [0.4, 0.5) is 5.69 Å². The number of hydrogen-bond donors (Lipinski definition) is 2. The van der Waals surface area contributed by atoms with E-state index < -0.39 is 0 Å². The topological polar surface area (TPSA) is 41.1 Å². The maximum atomic E-state index is 12.1. The van der Waals surface area contributed by atoms with Gasteiger partial charge in [-0.1, -0.05) is 35.5 Å². The number of benzene rings is 2. The van der Waals surface area contributed by atoms with E-state index in [-0.39, 0.29) is 18.0 Å². The number of carbonyl (C=O) groups excluding carboxylic acids is 1. The summed E-state index contributed by atoms with van der Waals surface area (Å²) in [6, 6.07) is 15.4. The highest BCUT2D eigenvalue weighted by Gasteiger charge is 2.12. The first kappa shape index (κ1) is 17.9. The van der Waals surface area contributed by atoms with Crippen molar-refractivity contribution in [3.05, 3.63) is 53.6 Å². The lowest BCUT2D eigenvalue weighted by atomic mass is 10.1. The zero-order valence-electron chi connectivity index (χ0n) is 13.5. The third-order valence-corrected chi connectivity index (χ3v) is 4.32. The number of para-hydroxylation sites is 1. The summed E-state index contributed by atoms with van der Waals surface area (Å²) in [7, 11) is 0. The number of anilines is 1. The third-order valence-electron chi connectivity index (χ3n) is 2.98. The molecule has 122 valence electrons. The van der Waals surface area contributed by atoms with E-state index in [1.165, 1.54) is 0 Å². The Morgan fingerprint density at radius 3 is 2.39 bits per heavy atom. The van der Waals surface area contributed by atoms with Gasteiger partial charge >= 0.3 is 0 Å². The van der Waals surface area contributed by atoms with Crippen LogP contribution in [0, 0.1) is 0 Å². The zero-order chi connectivity index (χ0) is 16.9. The Morgan fingerprint density at radius 2 is 1.74 bits per heavy atom. The first-order valence-electron chi connectivity index (χ1n) is 7.41. The smallest absolute Gasteiger partial charge is 0.238 e. The number of amides is 1. The van der Waals surface area contributed by atoms with Crippen molar-refractivity contribution in [1.29, 1.82) is 0 Å². The summed E-state index contributed by atoms with van der Waals surface area (Å²) in [5.74, 6) is -0.0518. The Morgan fingerprint density at radius 1 is 1.09 bits per heavy atom. The molecule has 0 radical (unpaired) electrons. The van der Waals surface area contributed by atoms with Crippen molar-refractivity contribution in [1.82, 2.24) is 5.32 Å². The molecule has 3 nitrogen and oxygen atoms in total. The molecule has 2 aromatic rings. The maximum Gasteiger partial charge on any atom is 0.238 e. The van der Waals surface area contributed by atoms with Crippen molar-refractivity contribution in [2.24, 2.45) is 0 Å². The van der Waals surface area contributed by atoms with E-state index in [4.69, 9.17) is 11.6 Å². The van der Waals surface area contributed by atoms with Gasteiger partial charge in [0.1, 0.15) is 0 Å². The number of rotatable bonds is 5. The molecule has 2 N–H and O–H groups in total. The molecule has 0 atom stereocenters. The maximum absolute atomic E-state index is 12.1. The number of hydrogen-bond acceptors (Lipinski definition) is 3. The van der Waals surface area contributed by atoms with Gasteiger partial charge in [0.15, 0.2) is 0 Å². The molecule has 2 aromatic carbocycles. The largest absolute Gasteiger partial charge is 0.324 e. The average Bonchev–Trinajstić information content (AvgIpc) is 2.49. The highest BCUT2D eigenvalue weighted by atomic mass is 35.5. The predicted molar refractivity (Wildman–Crippen MR) is 98.4 cm³/mol. The van der Waals surface area contributed by atoms with Crippen molar-refractivity contribution in [2.75, 3.05) is 11.9 Å². The molecule has 5 heteroatoms. The molecule has 1 amide bonds. The second-order valence-corrected chi connectivity index (χ2v) is 7.76. The van der Waals surface area contributed by atoms with Gasteiger partial charge in [-0.3, -0.25) is 4.79 Å². The molecule has 0 saturated heterocycles. The van der Waals surface area contributed by atoms with E-state index >= 15 is 0 Å². The summed E-state index contributed by atoms with van der Waals surface area (Å²) >= 11 is 7.51. The van der Waals surface area contributed by atoms with Gasteiger partial charge in [-0.15, -0.1) is 0 Å². The molecule has 0 heterocycles. The van der Waals surface area contributed by atoms with E-state index in [2.05, 4.69) is 10.6 Å². The van der Waals surface area contributed by atoms with Crippen LogP contribution in [0.15, 0.2) is 58.3 Å². The molecule has 0 saturated carbocycles. The minimum absolute atomic E-state index is 0.0518. The quantitative estimate of drug-likeness (QED) is 0.814. The zero-order valence-corrected chi connectivity index (χ0v) is 15.1. The van der Waals surface area contributed by atoms with Gasteiger partial charge in [0.2, 0.25) is 5.91 Å². The molecule has 0 unspecified atom stereocenters. The normalized spacial score (nSPS) is 11.3. The summed E-state index contributed by atoms with van der Waals surface area (Å²) in [5.41, 5.74) is 0.725. The van der Waals surface area contributed by atoms with E-state index in [1.54, 1.807) is 11.8 Å². The fraction of sp³-hybridized carbons (Fsp3) is 0.278. The van der Waals surface area contributed by atoms with Crippen molar-refractivity contribution >= 4 is 35.0 Å². The molecule has 0 aliphatic rings. The average molecular weight is 349 g/mol. The van der Waals surface area contributed by atoms with Crippen LogP contribution in [-0.4, -0.2) is 18.0 Å².